The fraction of sp³-hybridized carbons (Fsp3) is 0.111. The fourth-order valence-corrected chi connectivity index (χ4v) is 6.77. The second kappa shape index (κ2) is 10.4. The highest BCUT2D eigenvalue weighted by atomic mass is 32.2. The maximum atomic E-state index is 10.7. The molecule has 0 aliphatic carbocycles. The Morgan fingerprint density at radius 3 is 1.59 bits per heavy atom. The number of phenolic OH excluding ortho intramolecular Hbond substituents is 1. The van der Waals surface area contributed by atoms with E-state index in [0.29, 0.717) is 5.75 Å². The quantitative estimate of drug-likeness (QED) is 0.140. The van der Waals surface area contributed by atoms with E-state index < -0.39 is 15.6 Å². The Balaban J connectivity index is 0.000000349. The molecule has 1 heterocycles. The number of benzene rings is 4. The van der Waals surface area contributed by atoms with Crippen molar-refractivity contribution in [2.75, 3.05) is 0 Å². The molecule has 4 nitrogen and oxygen atoms in total. The van der Waals surface area contributed by atoms with Gasteiger partial charge in [-0.25, -0.2) is 8.42 Å². The average Bonchev–Trinajstić information content (AvgIpc) is 3.18. The van der Waals surface area contributed by atoms with E-state index in [1.54, 1.807) is 17.4 Å². The standard InChI is InChI=1S/C26H20OS2.CHF3O3S/c1-17-3-8-20(9-4-17)29(21-10-5-18(2)6-11-21)22-12-14-26-24(16-22)23-15-19(27)7-13-25(23)28-26;2-1(3,4)8(5,6)7/h3-16H,1-2H3;(H,5,6,7). The zero-order valence-electron chi connectivity index (χ0n) is 19.6. The van der Waals surface area contributed by atoms with Crippen LogP contribution in [0.15, 0.2) is 99.6 Å². The van der Waals surface area contributed by atoms with Crippen LogP contribution in [0, 0.1) is 13.8 Å². The lowest BCUT2D eigenvalue weighted by Crippen LogP contribution is -2.21. The Bertz CT molecular complexity index is 1610. The molecule has 0 fully saturated rings. The lowest BCUT2D eigenvalue weighted by atomic mass is 10.1. The van der Waals surface area contributed by atoms with Crippen molar-refractivity contribution in [2.24, 2.45) is 0 Å². The number of thiophene rings is 1. The van der Waals surface area contributed by atoms with Crippen LogP contribution >= 0.6 is 11.3 Å². The van der Waals surface area contributed by atoms with Crippen molar-refractivity contribution in [3.8, 4) is 5.75 Å². The summed E-state index contributed by atoms with van der Waals surface area (Å²) < 4.78 is 61.4. The monoisotopic (exact) mass is 562 g/mol. The molecule has 0 atom stereocenters. The minimum absolute atomic E-state index is 0.177. The van der Waals surface area contributed by atoms with E-state index in [1.165, 1.54) is 40.6 Å². The van der Waals surface area contributed by atoms with Crippen LogP contribution < -0.4 is 0 Å². The predicted molar refractivity (Wildman–Crippen MR) is 141 cm³/mol. The van der Waals surface area contributed by atoms with Crippen LogP contribution in [0.5, 0.6) is 5.75 Å². The average molecular weight is 563 g/mol. The van der Waals surface area contributed by atoms with Gasteiger partial charge in [0.15, 0.2) is 24.8 Å². The molecule has 0 saturated carbocycles. The molecule has 0 radical (unpaired) electrons. The van der Waals surface area contributed by atoms with Gasteiger partial charge in [-0.2, -0.15) is 13.2 Å². The van der Waals surface area contributed by atoms with E-state index >= 15 is 0 Å². The first-order valence-corrected chi connectivity index (χ1v) is 14.3. The summed E-state index contributed by atoms with van der Waals surface area (Å²) in [5.41, 5.74) is -3.10. The Morgan fingerprint density at radius 2 is 1.14 bits per heavy atom. The van der Waals surface area contributed by atoms with Gasteiger partial charge in [-0.3, -0.25) is 0 Å². The summed E-state index contributed by atoms with van der Waals surface area (Å²) >= 11 is 1.78. The van der Waals surface area contributed by atoms with E-state index in [0.717, 1.165) is 5.39 Å². The van der Waals surface area contributed by atoms with Gasteiger partial charge in [0.1, 0.15) is 5.75 Å². The Labute approximate surface area is 219 Å². The third-order valence-electron chi connectivity index (χ3n) is 5.46. The largest absolute Gasteiger partial charge is 0.741 e. The summed E-state index contributed by atoms with van der Waals surface area (Å²) in [5, 5.41) is 12.3. The number of hydrogen-bond acceptors (Lipinski definition) is 5. The highest BCUT2D eigenvalue weighted by molar-refractivity contribution is 7.97. The molecule has 0 bridgehead atoms. The summed E-state index contributed by atoms with van der Waals surface area (Å²) in [6.07, 6.45) is 0. The number of phenols is 1. The maximum absolute atomic E-state index is 10.7. The molecule has 1 N–H and O–H groups in total. The summed E-state index contributed by atoms with van der Waals surface area (Å²) in [7, 11) is -6.27. The molecule has 37 heavy (non-hydrogen) atoms. The maximum Gasteiger partial charge on any atom is 0.485 e. The van der Waals surface area contributed by atoms with Gasteiger partial charge >= 0.3 is 5.51 Å². The number of hydrogen-bond donors (Lipinski definition) is 1. The first kappa shape index (κ1) is 27.0. The summed E-state index contributed by atoms with van der Waals surface area (Å²) in [6.45, 7) is 4.26. The van der Waals surface area contributed by atoms with Gasteiger partial charge in [-0.1, -0.05) is 35.4 Å². The first-order chi connectivity index (χ1) is 17.3. The van der Waals surface area contributed by atoms with Crippen LogP contribution in [0.3, 0.4) is 0 Å². The number of aromatic hydroxyl groups is 1. The van der Waals surface area contributed by atoms with Crippen molar-refractivity contribution in [1.29, 1.82) is 0 Å². The van der Waals surface area contributed by atoms with Crippen LogP contribution in [0.25, 0.3) is 20.2 Å². The van der Waals surface area contributed by atoms with Crippen LogP contribution in [-0.4, -0.2) is 23.6 Å². The number of aryl methyl sites for hydroxylation is 2. The minimum atomic E-state index is -6.09. The van der Waals surface area contributed by atoms with Gasteiger partial charge in [0, 0.05) is 26.2 Å². The molecule has 0 spiro atoms. The highest BCUT2D eigenvalue weighted by Crippen LogP contribution is 2.39. The molecule has 1 aromatic heterocycles. The number of fused-ring (bicyclic) bond motifs is 3. The van der Waals surface area contributed by atoms with Gasteiger partial charge in [0.25, 0.3) is 0 Å². The highest BCUT2D eigenvalue weighted by Gasteiger charge is 2.37. The molecule has 0 saturated heterocycles. The SMILES string of the molecule is Cc1ccc([S+](c2ccc(C)cc2)c2ccc3sc4ccc(O)cc4c3c2)cc1.O=S(=O)([O-])C(F)(F)F. The molecule has 10 heteroatoms. The first-order valence-electron chi connectivity index (χ1n) is 10.9. The lowest BCUT2D eigenvalue weighted by Gasteiger charge is -2.09. The van der Waals surface area contributed by atoms with Crippen molar-refractivity contribution < 1.29 is 31.2 Å². The summed E-state index contributed by atoms with van der Waals surface area (Å²) in [5.74, 6) is 0.318. The van der Waals surface area contributed by atoms with Crippen molar-refractivity contribution >= 4 is 52.5 Å². The molecule has 192 valence electrons. The lowest BCUT2D eigenvalue weighted by molar-refractivity contribution is -0.0517. The van der Waals surface area contributed by atoms with E-state index in [4.69, 9.17) is 13.0 Å². The molecule has 0 amide bonds. The predicted octanol–water partition coefficient (Wildman–Crippen LogP) is 7.52. The third kappa shape index (κ3) is 6.10. The van der Waals surface area contributed by atoms with Crippen LogP contribution in [0.4, 0.5) is 13.2 Å². The number of alkyl halides is 3. The molecule has 0 aliphatic heterocycles. The summed E-state index contributed by atoms with van der Waals surface area (Å²) in [6, 6.07) is 30.2. The number of halogens is 3. The second-order valence-electron chi connectivity index (χ2n) is 8.27. The van der Waals surface area contributed by atoms with Gasteiger partial charge in [-0.05, 0) is 68.4 Å². The van der Waals surface area contributed by atoms with Gasteiger partial charge in [0.2, 0.25) is 0 Å². The summed E-state index contributed by atoms with van der Waals surface area (Å²) in [4.78, 5) is 3.94. The van der Waals surface area contributed by atoms with Crippen LogP contribution in [0.1, 0.15) is 11.1 Å². The molecule has 0 unspecified atom stereocenters. The van der Waals surface area contributed by atoms with Crippen molar-refractivity contribution in [3.63, 3.8) is 0 Å². The fourth-order valence-electron chi connectivity index (χ4n) is 3.63. The van der Waals surface area contributed by atoms with Crippen molar-refractivity contribution in [1.82, 2.24) is 0 Å². The van der Waals surface area contributed by atoms with Gasteiger partial charge < -0.3 is 9.66 Å². The molecular formula is C27H21F3O4S3. The Hall–Kier alpha value is -3.05. The molecule has 5 aromatic rings. The van der Waals surface area contributed by atoms with E-state index in [2.05, 4.69) is 80.6 Å². The third-order valence-corrected chi connectivity index (χ3v) is 9.39. The molecular weight excluding hydrogens is 541 g/mol. The normalized spacial score (nSPS) is 12.1. The van der Waals surface area contributed by atoms with Crippen LogP contribution in [-0.2, 0) is 21.0 Å². The zero-order chi connectivity index (χ0) is 27.0. The molecule has 5 rings (SSSR count). The zero-order valence-corrected chi connectivity index (χ0v) is 22.1. The second-order valence-corrected chi connectivity index (χ2v) is 12.8. The van der Waals surface area contributed by atoms with E-state index in [1.807, 2.05) is 12.1 Å². The van der Waals surface area contributed by atoms with Crippen molar-refractivity contribution in [3.05, 3.63) is 96.1 Å². The molecule has 4 aromatic carbocycles. The smallest absolute Gasteiger partial charge is 0.485 e. The van der Waals surface area contributed by atoms with E-state index in [-0.39, 0.29) is 10.9 Å². The van der Waals surface area contributed by atoms with Gasteiger partial charge in [0.05, 0.1) is 10.9 Å². The Kier molecular flexibility index (Phi) is 7.57. The van der Waals surface area contributed by atoms with Gasteiger partial charge in [-0.15, -0.1) is 11.3 Å². The van der Waals surface area contributed by atoms with Crippen LogP contribution in [0.2, 0.25) is 0 Å². The minimum Gasteiger partial charge on any atom is -0.741 e. The molecule has 0 aliphatic rings. The van der Waals surface area contributed by atoms with E-state index in [9.17, 15) is 18.3 Å². The Morgan fingerprint density at radius 1 is 0.730 bits per heavy atom. The number of rotatable bonds is 3. The topological polar surface area (TPSA) is 77.4 Å². The van der Waals surface area contributed by atoms with Crippen molar-refractivity contribution in [2.45, 2.75) is 34.0 Å².